The first-order valence-electron chi connectivity index (χ1n) is 3.93. The highest BCUT2D eigenvalue weighted by molar-refractivity contribution is 5.76. The van der Waals surface area contributed by atoms with Crippen molar-refractivity contribution in [2.75, 3.05) is 7.05 Å². The fourth-order valence-corrected chi connectivity index (χ4v) is 1.37. The fraction of sp³-hybridized carbons (Fsp3) is 0.857. The lowest BCUT2D eigenvalue weighted by Crippen LogP contribution is -2.40. The van der Waals surface area contributed by atoms with Gasteiger partial charge in [0.15, 0.2) is 5.96 Å². The maximum atomic E-state index is 9.15. The molecule has 0 aliphatic heterocycles. The van der Waals surface area contributed by atoms with E-state index in [4.69, 9.17) is 10.5 Å². The van der Waals surface area contributed by atoms with Crippen molar-refractivity contribution < 1.29 is 5.11 Å². The molecule has 1 rings (SSSR count). The zero-order chi connectivity index (χ0) is 8.27. The molecule has 0 saturated heterocycles. The minimum atomic E-state index is -0.169. The molecule has 0 unspecified atom stereocenters. The molecule has 0 spiro atoms. The van der Waals surface area contributed by atoms with Crippen LogP contribution < -0.4 is 10.6 Å². The van der Waals surface area contributed by atoms with Crippen molar-refractivity contribution in [3.63, 3.8) is 0 Å². The second-order valence-electron chi connectivity index (χ2n) is 2.93. The minimum absolute atomic E-state index is 0.169. The van der Waals surface area contributed by atoms with Gasteiger partial charge < -0.3 is 15.7 Å². The number of hydrogen-bond acceptors (Lipinski definition) is 2. The van der Waals surface area contributed by atoms with Gasteiger partial charge in [0.1, 0.15) is 0 Å². The van der Waals surface area contributed by atoms with Crippen LogP contribution in [0.2, 0.25) is 0 Å². The maximum absolute atomic E-state index is 9.15. The van der Waals surface area contributed by atoms with Crippen molar-refractivity contribution in [1.82, 2.24) is 10.6 Å². The summed E-state index contributed by atoms with van der Waals surface area (Å²) in [6, 6.07) is 0.282. The Balaban J connectivity index is 2.23. The predicted molar refractivity (Wildman–Crippen MR) is 43.6 cm³/mol. The summed E-state index contributed by atoms with van der Waals surface area (Å²) in [7, 11) is 1.71. The molecule has 1 saturated carbocycles. The summed E-state index contributed by atoms with van der Waals surface area (Å²) in [6.07, 6.45) is 2.42. The molecule has 0 aromatic rings. The van der Waals surface area contributed by atoms with E-state index in [9.17, 15) is 0 Å². The molecule has 0 aromatic carbocycles. The molecule has 0 aromatic heterocycles. The third kappa shape index (κ3) is 2.38. The van der Waals surface area contributed by atoms with Crippen molar-refractivity contribution >= 4 is 5.96 Å². The molecule has 4 N–H and O–H groups in total. The van der Waals surface area contributed by atoms with E-state index in [-0.39, 0.29) is 12.1 Å². The number of hydrogen-bond donors (Lipinski definition) is 4. The van der Waals surface area contributed by atoms with Crippen LogP contribution in [0.3, 0.4) is 0 Å². The standard InChI is InChI=1S/C7H15N3O/c1-9-7(8)10-5-2-3-6(11)4-5/h5-6,11H,2-4H2,1H3,(H3,8,9,10)/t5-,6+/m0/s1. The van der Waals surface area contributed by atoms with E-state index in [1.165, 1.54) is 0 Å². The molecule has 1 fully saturated rings. The first-order valence-corrected chi connectivity index (χ1v) is 3.93. The Morgan fingerprint density at radius 1 is 1.55 bits per heavy atom. The fourth-order valence-electron chi connectivity index (χ4n) is 1.37. The van der Waals surface area contributed by atoms with Crippen LogP contribution in [0.4, 0.5) is 0 Å². The van der Waals surface area contributed by atoms with Gasteiger partial charge in [-0.25, -0.2) is 0 Å². The van der Waals surface area contributed by atoms with Crippen LogP contribution in [0, 0.1) is 5.41 Å². The topological polar surface area (TPSA) is 68.1 Å². The van der Waals surface area contributed by atoms with Gasteiger partial charge in [0, 0.05) is 13.1 Å². The van der Waals surface area contributed by atoms with E-state index >= 15 is 0 Å². The van der Waals surface area contributed by atoms with E-state index in [0.717, 1.165) is 19.3 Å². The summed E-state index contributed by atoms with van der Waals surface area (Å²) in [4.78, 5) is 0. The van der Waals surface area contributed by atoms with Crippen molar-refractivity contribution in [3.05, 3.63) is 0 Å². The van der Waals surface area contributed by atoms with Crippen LogP contribution in [-0.2, 0) is 0 Å². The van der Waals surface area contributed by atoms with E-state index in [2.05, 4.69) is 10.6 Å². The Bertz CT molecular complexity index is 149. The van der Waals surface area contributed by atoms with Crippen LogP contribution in [0.15, 0.2) is 0 Å². The monoisotopic (exact) mass is 157 g/mol. The van der Waals surface area contributed by atoms with Gasteiger partial charge in [-0.3, -0.25) is 5.41 Å². The van der Waals surface area contributed by atoms with Gasteiger partial charge in [0.25, 0.3) is 0 Å². The van der Waals surface area contributed by atoms with Gasteiger partial charge in [-0.15, -0.1) is 0 Å². The van der Waals surface area contributed by atoms with Crippen molar-refractivity contribution in [2.45, 2.75) is 31.4 Å². The maximum Gasteiger partial charge on any atom is 0.188 e. The van der Waals surface area contributed by atoms with Crippen molar-refractivity contribution in [1.29, 1.82) is 5.41 Å². The SMILES string of the molecule is CNC(=N)N[C@H]1CC[C@@H](O)C1. The smallest absolute Gasteiger partial charge is 0.188 e. The van der Waals surface area contributed by atoms with E-state index in [1.54, 1.807) is 7.05 Å². The second-order valence-corrected chi connectivity index (χ2v) is 2.93. The molecular formula is C7H15N3O. The van der Waals surface area contributed by atoms with Crippen molar-refractivity contribution in [2.24, 2.45) is 0 Å². The largest absolute Gasteiger partial charge is 0.393 e. The number of rotatable bonds is 1. The Morgan fingerprint density at radius 2 is 2.27 bits per heavy atom. The minimum Gasteiger partial charge on any atom is -0.393 e. The molecule has 0 bridgehead atoms. The second kappa shape index (κ2) is 3.57. The molecule has 0 heterocycles. The summed E-state index contributed by atoms with van der Waals surface area (Å²) in [5.41, 5.74) is 0. The van der Waals surface area contributed by atoms with Gasteiger partial charge in [0.05, 0.1) is 6.10 Å². The highest BCUT2D eigenvalue weighted by Crippen LogP contribution is 2.18. The number of aliphatic hydroxyl groups excluding tert-OH is 1. The molecule has 64 valence electrons. The highest BCUT2D eigenvalue weighted by Gasteiger charge is 2.22. The third-order valence-corrected chi connectivity index (χ3v) is 2.00. The summed E-state index contributed by atoms with van der Waals surface area (Å²) in [6.45, 7) is 0. The molecule has 2 atom stereocenters. The lowest BCUT2D eigenvalue weighted by Gasteiger charge is -2.13. The molecular weight excluding hydrogens is 142 g/mol. The Morgan fingerprint density at radius 3 is 2.73 bits per heavy atom. The van der Waals surface area contributed by atoms with Crippen LogP contribution in [0.5, 0.6) is 0 Å². The van der Waals surface area contributed by atoms with Crippen LogP contribution in [-0.4, -0.2) is 30.3 Å². The molecule has 4 heteroatoms. The molecule has 0 amide bonds. The van der Waals surface area contributed by atoms with E-state index < -0.39 is 0 Å². The Kier molecular flexibility index (Phi) is 2.70. The number of guanidine groups is 1. The molecule has 1 aliphatic rings. The van der Waals surface area contributed by atoms with Crippen LogP contribution >= 0.6 is 0 Å². The van der Waals surface area contributed by atoms with Crippen LogP contribution in [0.25, 0.3) is 0 Å². The van der Waals surface area contributed by atoms with Gasteiger partial charge in [0.2, 0.25) is 0 Å². The molecule has 4 nitrogen and oxygen atoms in total. The quantitative estimate of drug-likeness (QED) is 0.310. The van der Waals surface area contributed by atoms with Gasteiger partial charge in [-0.1, -0.05) is 0 Å². The van der Waals surface area contributed by atoms with Gasteiger partial charge >= 0.3 is 0 Å². The summed E-state index contributed by atoms with van der Waals surface area (Å²) in [5, 5.41) is 22.1. The normalized spacial score (nSPS) is 30.0. The zero-order valence-electron chi connectivity index (χ0n) is 6.72. The average molecular weight is 157 g/mol. The molecule has 0 radical (unpaired) electrons. The average Bonchev–Trinajstić information content (AvgIpc) is 2.35. The number of nitrogens with one attached hydrogen (secondary N) is 3. The first-order chi connectivity index (χ1) is 5.22. The lowest BCUT2D eigenvalue weighted by molar-refractivity contribution is 0.180. The first kappa shape index (κ1) is 8.33. The van der Waals surface area contributed by atoms with Gasteiger partial charge in [-0.2, -0.15) is 0 Å². The van der Waals surface area contributed by atoms with Crippen molar-refractivity contribution in [3.8, 4) is 0 Å². The Hall–Kier alpha value is -0.770. The summed E-state index contributed by atoms with van der Waals surface area (Å²) >= 11 is 0. The predicted octanol–water partition coefficient (Wildman–Crippen LogP) is -0.356. The lowest BCUT2D eigenvalue weighted by atomic mass is 10.2. The summed E-state index contributed by atoms with van der Waals surface area (Å²) in [5.74, 6) is 0.337. The summed E-state index contributed by atoms with van der Waals surface area (Å²) < 4.78 is 0. The zero-order valence-corrected chi connectivity index (χ0v) is 6.72. The van der Waals surface area contributed by atoms with Gasteiger partial charge in [-0.05, 0) is 19.3 Å². The van der Waals surface area contributed by atoms with E-state index in [1.807, 2.05) is 0 Å². The molecule has 11 heavy (non-hydrogen) atoms. The molecule has 1 aliphatic carbocycles. The Labute approximate surface area is 66.5 Å². The third-order valence-electron chi connectivity index (χ3n) is 2.00. The highest BCUT2D eigenvalue weighted by atomic mass is 16.3. The van der Waals surface area contributed by atoms with Crippen LogP contribution in [0.1, 0.15) is 19.3 Å². The van der Waals surface area contributed by atoms with E-state index in [0.29, 0.717) is 5.96 Å². The number of aliphatic hydroxyl groups is 1.